The molecule has 0 spiro atoms. The average molecular weight is 256 g/mol. The molecule has 1 aromatic rings. The van der Waals surface area contributed by atoms with Crippen LogP contribution in [0, 0.1) is 0 Å². The number of halogens is 1. The first-order valence-electron chi connectivity index (χ1n) is 5.88. The highest BCUT2D eigenvalue weighted by molar-refractivity contribution is 6.32. The molecule has 1 fully saturated rings. The van der Waals surface area contributed by atoms with Crippen LogP contribution < -0.4 is 11.1 Å². The molecule has 1 saturated heterocycles. The number of piperidine rings is 1. The van der Waals surface area contributed by atoms with Crippen LogP contribution in [0.5, 0.6) is 0 Å². The van der Waals surface area contributed by atoms with Gasteiger partial charge in [0, 0.05) is 12.6 Å². The number of aromatic nitrogens is 2. The monoisotopic (exact) mass is 255 g/mol. The van der Waals surface area contributed by atoms with E-state index in [1.165, 1.54) is 25.6 Å². The molecule has 1 aliphatic heterocycles. The molecule has 6 heteroatoms. The molecule has 0 bridgehead atoms. The number of nitrogens with zero attached hydrogens (tertiary/aromatic N) is 3. The summed E-state index contributed by atoms with van der Waals surface area (Å²) < 4.78 is 0. The van der Waals surface area contributed by atoms with E-state index in [1.807, 2.05) is 0 Å². The fourth-order valence-corrected chi connectivity index (χ4v) is 2.26. The highest BCUT2D eigenvalue weighted by Gasteiger charge is 2.19. The smallest absolute Gasteiger partial charge is 0.157 e. The van der Waals surface area contributed by atoms with Gasteiger partial charge in [-0.3, -0.25) is 0 Å². The van der Waals surface area contributed by atoms with Gasteiger partial charge in [-0.05, 0) is 26.4 Å². The number of anilines is 2. The molecule has 1 atom stereocenters. The normalized spacial score (nSPS) is 21.4. The first-order valence-corrected chi connectivity index (χ1v) is 6.26. The molecular weight excluding hydrogens is 238 g/mol. The fraction of sp³-hybridized carbons (Fsp3) is 0.636. The van der Waals surface area contributed by atoms with Crippen LogP contribution in [0.1, 0.15) is 19.3 Å². The van der Waals surface area contributed by atoms with Crippen LogP contribution in [-0.4, -0.2) is 41.0 Å². The summed E-state index contributed by atoms with van der Waals surface area (Å²) in [6, 6.07) is 0.539. The van der Waals surface area contributed by atoms with Gasteiger partial charge in [-0.1, -0.05) is 18.0 Å². The second-order valence-corrected chi connectivity index (χ2v) is 4.80. The van der Waals surface area contributed by atoms with Crippen LogP contribution in [-0.2, 0) is 0 Å². The molecule has 94 valence electrons. The Kier molecular flexibility index (Phi) is 4.02. The fourth-order valence-electron chi connectivity index (χ4n) is 2.13. The van der Waals surface area contributed by atoms with Gasteiger partial charge in [0.25, 0.3) is 0 Å². The molecule has 17 heavy (non-hydrogen) atoms. The summed E-state index contributed by atoms with van der Waals surface area (Å²) in [5.74, 6) is 0.629. The maximum atomic E-state index is 5.84. The Morgan fingerprint density at radius 3 is 3.12 bits per heavy atom. The second kappa shape index (κ2) is 5.51. The SMILES string of the molecule is CN1CCCC[C@@H]1CNc1ncnc(Cl)c1N. The van der Waals surface area contributed by atoms with Gasteiger partial charge in [-0.15, -0.1) is 0 Å². The molecule has 2 rings (SSSR count). The van der Waals surface area contributed by atoms with Crippen molar-refractivity contribution in [2.24, 2.45) is 0 Å². The lowest BCUT2D eigenvalue weighted by molar-refractivity contribution is 0.194. The molecule has 0 aliphatic carbocycles. The Bertz CT molecular complexity index is 384. The van der Waals surface area contributed by atoms with Gasteiger partial charge in [-0.2, -0.15) is 0 Å². The van der Waals surface area contributed by atoms with Crippen LogP contribution in [0.4, 0.5) is 11.5 Å². The number of hydrogen-bond acceptors (Lipinski definition) is 5. The van der Waals surface area contributed by atoms with Crippen molar-refractivity contribution in [3.05, 3.63) is 11.5 Å². The molecule has 5 nitrogen and oxygen atoms in total. The number of nitrogens with one attached hydrogen (secondary N) is 1. The third-order valence-electron chi connectivity index (χ3n) is 3.26. The topological polar surface area (TPSA) is 67.1 Å². The number of rotatable bonds is 3. The maximum absolute atomic E-state index is 5.84. The first kappa shape index (κ1) is 12.4. The van der Waals surface area contributed by atoms with Crippen LogP contribution in [0.25, 0.3) is 0 Å². The van der Waals surface area contributed by atoms with Crippen LogP contribution in [0.2, 0.25) is 5.15 Å². The van der Waals surface area contributed by atoms with Gasteiger partial charge in [0.2, 0.25) is 0 Å². The lowest BCUT2D eigenvalue weighted by Crippen LogP contribution is -2.40. The molecule has 2 heterocycles. The predicted octanol–water partition coefficient (Wildman–Crippen LogP) is 1.61. The molecule has 3 N–H and O–H groups in total. The average Bonchev–Trinajstić information content (AvgIpc) is 2.33. The Morgan fingerprint density at radius 1 is 1.53 bits per heavy atom. The minimum atomic E-state index is 0.305. The van der Waals surface area contributed by atoms with E-state index in [4.69, 9.17) is 17.3 Å². The molecular formula is C11H18ClN5. The highest BCUT2D eigenvalue weighted by atomic mass is 35.5. The Morgan fingerprint density at radius 2 is 2.35 bits per heavy atom. The summed E-state index contributed by atoms with van der Waals surface area (Å²) >= 11 is 5.84. The highest BCUT2D eigenvalue weighted by Crippen LogP contribution is 2.22. The molecule has 0 saturated carbocycles. The van der Waals surface area contributed by atoms with E-state index >= 15 is 0 Å². The number of nitrogen functional groups attached to an aromatic ring is 1. The number of hydrogen-bond donors (Lipinski definition) is 2. The summed E-state index contributed by atoms with van der Waals surface area (Å²) in [5.41, 5.74) is 6.22. The number of likely N-dealkylation sites (N-methyl/N-ethyl adjacent to an activating group) is 1. The minimum absolute atomic E-state index is 0.305. The molecule has 1 aromatic heterocycles. The van der Waals surface area contributed by atoms with Crippen molar-refractivity contribution in [2.75, 3.05) is 31.2 Å². The van der Waals surface area contributed by atoms with E-state index < -0.39 is 0 Å². The first-order chi connectivity index (χ1) is 8.18. The van der Waals surface area contributed by atoms with Crippen molar-refractivity contribution in [3.63, 3.8) is 0 Å². The molecule has 0 unspecified atom stereocenters. The van der Waals surface area contributed by atoms with E-state index in [9.17, 15) is 0 Å². The van der Waals surface area contributed by atoms with E-state index in [1.54, 1.807) is 0 Å². The minimum Gasteiger partial charge on any atom is -0.393 e. The van der Waals surface area contributed by atoms with Crippen LogP contribution in [0.3, 0.4) is 0 Å². The van der Waals surface area contributed by atoms with Gasteiger partial charge >= 0.3 is 0 Å². The van der Waals surface area contributed by atoms with Gasteiger partial charge in [-0.25, -0.2) is 9.97 Å². The zero-order chi connectivity index (χ0) is 12.3. The van der Waals surface area contributed by atoms with Crippen molar-refractivity contribution < 1.29 is 0 Å². The lowest BCUT2D eigenvalue weighted by Gasteiger charge is -2.32. The summed E-state index contributed by atoms with van der Waals surface area (Å²) in [5, 5.41) is 3.56. The number of likely N-dealkylation sites (tertiary alicyclic amines) is 1. The Labute approximate surface area is 106 Å². The zero-order valence-electron chi connectivity index (χ0n) is 9.99. The second-order valence-electron chi connectivity index (χ2n) is 4.44. The van der Waals surface area contributed by atoms with Crippen molar-refractivity contribution in [1.82, 2.24) is 14.9 Å². The van der Waals surface area contributed by atoms with Gasteiger partial charge < -0.3 is 16.0 Å². The standard InChI is InChI=1S/C11H18ClN5/c1-17-5-3-2-4-8(17)6-14-11-9(13)10(12)15-7-16-11/h7-8H,2-6,13H2,1H3,(H,14,15,16)/t8-/m1/s1. The van der Waals surface area contributed by atoms with E-state index in [2.05, 4.69) is 27.2 Å². The Balaban J connectivity index is 1.95. The van der Waals surface area contributed by atoms with E-state index in [-0.39, 0.29) is 0 Å². The van der Waals surface area contributed by atoms with Gasteiger partial charge in [0.05, 0.1) is 0 Å². The van der Waals surface area contributed by atoms with Crippen LogP contribution in [0.15, 0.2) is 6.33 Å². The zero-order valence-corrected chi connectivity index (χ0v) is 10.7. The largest absolute Gasteiger partial charge is 0.393 e. The molecule has 1 aliphatic rings. The summed E-state index contributed by atoms with van der Waals surface area (Å²) in [4.78, 5) is 10.3. The molecule has 0 amide bonds. The van der Waals surface area contributed by atoms with Crippen molar-refractivity contribution in [1.29, 1.82) is 0 Å². The Hall–Kier alpha value is -1.07. The summed E-state index contributed by atoms with van der Waals surface area (Å²) in [6.07, 6.45) is 5.21. The van der Waals surface area contributed by atoms with E-state index in [0.717, 1.165) is 13.1 Å². The van der Waals surface area contributed by atoms with Crippen LogP contribution >= 0.6 is 11.6 Å². The summed E-state index contributed by atoms with van der Waals surface area (Å²) in [7, 11) is 2.15. The predicted molar refractivity (Wildman–Crippen MR) is 70.2 cm³/mol. The van der Waals surface area contributed by atoms with Gasteiger partial charge in [0.1, 0.15) is 12.0 Å². The van der Waals surface area contributed by atoms with E-state index in [0.29, 0.717) is 22.7 Å². The van der Waals surface area contributed by atoms with Gasteiger partial charge in [0.15, 0.2) is 11.0 Å². The quantitative estimate of drug-likeness (QED) is 0.804. The molecule has 0 radical (unpaired) electrons. The van der Waals surface area contributed by atoms with Crippen molar-refractivity contribution >= 4 is 23.1 Å². The molecule has 0 aromatic carbocycles. The lowest BCUT2D eigenvalue weighted by atomic mass is 10.0. The third kappa shape index (κ3) is 2.98. The van der Waals surface area contributed by atoms with Crippen molar-refractivity contribution in [3.8, 4) is 0 Å². The van der Waals surface area contributed by atoms with Crippen molar-refractivity contribution in [2.45, 2.75) is 25.3 Å². The number of nitrogens with two attached hydrogens (primary N) is 1. The third-order valence-corrected chi connectivity index (χ3v) is 3.56. The maximum Gasteiger partial charge on any atom is 0.157 e. The summed E-state index contributed by atoms with van der Waals surface area (Å²) in [6.45, 7) is 2.00.